The van der Waals surface area contributed by atoms with Crippen molar-refractivity contribution in [3.05, 3.63) is 42.2 Å². The second-order valence-electron chi connectivity index (χ2n) is 8.50. The molecule has 2 aliphatic rings. The van der Waals surface area contributed by atoms with Crippen LogP contribution in [0.5, 0.6) is 0 Å². The second kappa shape index (κ2) is 11.8. The van der Waals surface area contributed by atoms with E-state index >= 15 is 0 Å². The van der Waals surface area contributed by atoms with E-state index in [4.69, 9.17) is 9.57 Å². The molecule has 2 aliphatic heterocycles. The summed E-state index contributed by atoms with van der Waals surface area (Å²) in [6.07, 6.45) is 1.63. The summed E-state index contributed by atoms with van der Waals surface area (Å²) < 4.78 is 75.6. The van der Waals surface area contributed by atoms with Crippen LogP contribution >= 0.6 is 11.3 Å². The molecule has 3 heterocycles. The average molecular weight is 577 g/mol. The van der Waals surface area contributed by atoms with E-state index in [0.717, 1.165) is 32.8 Å². The standard InChI is InChI=1S/C22H29FN4O7S3/c1-2-24-37(31,32)26-12-13-27(18(15-26)22(28)25-34-20-5-3-4-14-33-20)36(29,30)21-11-10-19(35-21)16-6-8-17(23)9-7-16/h6-11,18,20,24H,2-5,12-15H2,1H3,(H,25,28). The molecule has 1 aromatic carbocycles. The van der Waals surface area contributed by atoms with Crippen LogP contribution in [0.15, 0.2) is 40.6 Å². The van der Waals surface area contributed by atoms with Gasteiger partial charge in [-0.15, -0.1) is 11.3 Å². The fourth-order valence-corrected chi connectivity index (χ4v) is 8.29. The summed E-state index contributed by atoms with van der Waals surface area (Å²) in [7, 11) is -8.10. The lowest BCUT2D eigenvalue weighted by Crippen LogP contribution is -2.62. The van der Waals surface area contributed by atoms with Gasteiger partial charge in [0.1, 0.15) is 16.1 Å². The van der Waals surface area contributed by atoms with Gasteiger partial charge in [0.15, 0.2) is 6.29 Å². The van der Waals surface area contributed by atoms with E-state index in [9.17, 15) is 26.0 Å². The highest BCUT2D eigenvalue weighted by molar-refractivity contribution is 7.91. The lowest BCUT2D eigenvalue weighted by molar-refractivity contribution is -0.202. The van der Waals surface area contributed by atoms with Gasteiger partial charge in [-0.1, -0.05) is 19.1 Å². The largest absolute Gasteiger partial charge is 0.350 e. The fraction of sp³-hybridized carbons (Fsp3) is 0.500. The van der Waals surface area contributed by atoms with Gasteiger partial charge in [0.25, 0.3) is 26.1 Å². The number of hydrogen-bond donors (Lipinski definition) is 2. The van der Waals surface area contributed by atoms with Crippen molar-refractivity contribution < 1.29 is 35.6 Å². The van der Waals surface area contributed by atoms with Crippen molar-refractivity contribution in [3.8, 4) is 10.4 Å². The molecule has 0 radical (unpaired) electrons. The van der Waals surface area contributed by atoms with Gasteiger partial charge in [-0.3, -0.25) is 4.79 Å². The van der Waals surface area contributed by atoms with Gasteiger partial charge in [-0.2, -0.15) is 17.0 Å². The van der Waals surface area contributed by atoms with Gasteiger partial charge in [0, 0.05) is 44.1 Å². The highest BCUT2D eigenvalue weighted by atomic mass is 32.2. The van der Waals surface area contributed by atoms with Crippen LogP contribution in [0.2, 0.25) is 0 Å². The van der Waals surface area contributed by atoms with E-state index in [-0.39, 0.29) is 23.8 Å². The Morgan fingerprint density at radius 3 is 2.57 bits per heavy atom. The average Bonchev–Trinajstić information content (AvgIpc) is 3.39. The Morgan fingerprint density at radius 2 is 1.89 bits per heavy atom. The molecule has 0 spiro atoms. The van der Waals surface area contributed by atoms with Crippen molar-refractivity contribution in [3.63, 3.8) is 0 Å². The number of carbonyl (C=O) groups excluding carboxylic acids is 1. The predicted molar refractivity (Wildman–Crippen MR) is 134 cm³/mol. The molecule has 2 atom stereocenters. The maximum atomic E-state index is 13.6. The number of ether oxygens (including phenoxy) is 1. The van der Waals surface area contributed by atoms with Crippen LogP contribution in [0.25, 0.3) is 10.4 Å². The van der Waals surface area contributed by atoms with E-state index in [0.29, 0.717) is 23.5 Å². The summed E-state index contributed by atoms with van der Waals surface area (Å²) in [6.45, 7) is 1.46. The summed E-state index contributed by atoms with van der Waals surface area (Å²) >= 11 is 0.977. The van der Waals surface area contributed by atoms with Crippen LogP contribution in [0.4, 0.5) is 4.39 Å². The van der Waals surface area contributed by atoms with Gasteiger partial charge < -0.3 is 4.74 Å². The third-order valence-corrected chi connectivity index (χ3v) is 11.1. The van der Waals surface area contributed by atoms with Crippen molar-refractivity contribution in [1.82, 2.24) is 18.8 Å². The molecule has 0 bridgehead atoms. The molecule has 2 aromatic rings. The molecule has 2 fully saturated rings. The summed E-state index contributed by atoms with van der Waals surface area (Å²) in [5, 5.41) is 0. The number of rotatable bonds is 9. The minimum atomic E-state index is -4.19. The lowest BCUT2D eigenvalue weighted by atomic mass is 10.2. The van der Waals surface area contributed by atoms with Gasteiger partial charge in [-0.25, -0.2) is 27.8 Å². The number of hydrogen-bond acceptors (Lipinski definition) is 8. The zero-order valence-electron chi connectivity index (χ0n) is 20.1. The zero-order chi connectivity index (χ0) is 26.6. The number of amides is 1. The second-order valence-corrected chi connectivity index (χ2v) is 13.5. The highest BCUT2D eigenvalue weighted by Crippen LogP contribution is 2.34. The molecule has 1 aromatic heterocycles. The van der Waals surface area contributed by atoms with Crippen molar-refractivity contribution in [2.45, 2.75) is 42.7 Å². The van der Waals surface area contributed by atoms with E-state index in [2.05, 4.69) is 10.2 Å². The Labute approximate surface area is 219 Å². The van der Waals surface area contributed by atoms with Crippen LogP contribution in [0, 0.1) is 5.82 Å². The number of sulfonamides is 1. The van der Waals surface area contributed by atoms with Crippen molar-refractivity contribution in [1.29, 1.82) is 0 Å². The van der Waals surface area contributed by atoms with E-state index in [1.54, 1.807) is 25.1 Å². The molecule has 1 amide bonds. The molecule has 15 heteroatoms. The number of thiophene rings is 1. The first kappa shape index (κ1) is 28.0. The molecule has 4 rings (SSSR count). The maximum Gasteiger partial charge on any atom is 0.279 e. The first-order chi connectivity index (χ1) is 17.6. The predicted octanol–water partition coefficient (Wildman–Crippen LogP) is 1.66. The molecule has 0 saturated carbocycles. The molecule has 204 valence electrons. The van der Waals surface area contributed by atoms with Crippen molar-refractivity contribution in [2.24, 2.45) is 0 Å². The maximum absolute atomic E-state index is 13.6. The van der Waals surface area contributed by atoms with E-state index < -0.39 is 50.8 Å². The topological polar surface area (TPSA) is 134 Å². The minimum absolute atomic E-state index is 0.0239. The molecule has 2 saturated heterocycles. The number of benzene rings is 1. The van der Waals surface area contributed by atoms with Crippen molar-refractivity contribution in [2.75, 3.05) is 32.8 Å². The zero-order valence-corrected chi connectivity index (χ0v) is 22.6. The van der Waals surface area contributed by atoms with Gasteiger partial charge in [-0.05, 0) is 42.7 Å². The number of nitrogens with zero attached hydrogens (tertiary/aromatic N) is 2. The van der Waals surface area contributed by atoms with Crippen LogP contribution in [-0.4, -0.2) is 76.5 Å². The van der Waals surface area contributed by atoms with Crippen molar-refractivity contribution >= 4 is 37.5 Å². The number of nitrogens with one attached hydrogen (secondary N) is 2. The molecule has 2 N–H and O–H groups in total. The number of carbonyl (C=O) groups is 1. The normalized spacial score (nSPS) is 22.1. The minimum Gasteiger partial charge on any atom is -0.350 e. The Morgan fingerprint density at radius 1 is 1.14 bits per heavy atom. The summed E-state index contributed by atoms with van der Waals surface area (Å²) in [4.78, 5) is 19.1. The van der Waals surface area contributed by atoms with Crippen LogP contribution < -0.4 is 10.2 Å². The van der Waals surface area contributed by atoms with Crippen LogP contribution in [-0.2, 0) is 34.6 Å². The Balaban J connectivity index is 1.58. The monoisotopic (exact) mass is 576 g/mol. The molecule has 2 unspecified atom stereocenters. The summed E-state index contributed by atoms with van der Waals surface area (Å²) in [5.74, 6) is -1.21. The molecule has 37 heavy (non-hydrogen) atoms. The smallest absolute Gasteiger partial charge is 0.279 e. The first-order valence-corrected chi connectivity index (χ1v) is 15.5. The summed E-state index contributed by atoms with van der Waals surface area (Å²) in [6, 6.07) is 7.29. The Hall–Kier alpha value is -1.98. The quantitative estimate of drug-likeness (QED) is 0.434. The fourth-order valence-electron chi connectivity index (χ4n) is 4.07. The van der Waals surface area contributed by atoms with Gasteiger partial charge in [0.2, 0.25) is 0 Å². The third-order valence-electron chi connectivity index (χ3n) is 5.97. The molecular formula is C22H29FN4O7S3. The Bertz CT molecular complexity index is 1300. The number of halogens is 1. The molecular weight excluding hydrogens is 547 g/mol. The van der Waals surface area contributed by atoms with Gasteiger partial charge >= 0.3 is 0 Å². The molecule has 0 aliphatic carbocycles. The van der Waals surface area contributed by atoms with Gasteiger partial charge in [0.05, 0.1) is 0 Å². The van der Waals surface area contributed by atoms with Crippen LogP contribution in [0.3, 0.4) is 0 Å². The SMILES string of the molecule is CCNS(=O)(=O)N1CCN(S(=O)(=O)c2ccc(-c3ccc(F)cc3)s2)C(C(=O)NOC2CCCCO2)C1. The highest BCUT2D eigenvalue weighted by Gasteiger charge is 2.44. The van der Waals surface area contributed by atoms with E-state index in [1.165, 1.54) is 18.2 Å². The number of piperazine rings is 1. The first-order valence-electron chi connectivity index (χ1n) is 11.8. The lowest BCUT2D eigenvalue weighted by Gasteiger charge is -2.38. The summed E-state index contributed by atoms with van der Waals surface area (Å²) in [5.41, 5.74) is 2.92. The Kier molecular flexibility index (Phi) is 8.96. The molecule has 11 nitrogen and oxygen atoms in total. The van der Waals surface area contributed by atoms with E-state index in [1.807, 2.05) is 0 Å². The van der Waals surface area contributed by atoms with Crippen LogP contribution in [0.1, 0.15) is 26.2 Å². The third kappa shape index (κ3) is 6.54. The number of hydroxylamine groups is 1.